The highest BCUT2D eigenvalue weighted by molar-refractivity contribution is 5.84. The van der Waals surface area contributed by atoms with Gasteiger partial charge >= 0.3 is 24.1 Å². The standard InChI is InChI=1S/C27H32N2O8/c1-15(24(32)36-16(2)22(23(30)31)29-26(34)37-27(3,4)5)28-25(33)35-14-21-19-12-8-6-10-17(19)18-11-7-9-13-20(18)21/h6-13,15-16,21-22H,14H2,1-5H3,(H,28,33)(H,29,34)(H,30,31). The second kappa shape index (κ2) is 11.3. The number of carboxylic acid groups (broad SMARTS) is 1. The molecule has 3 rings (SSSR count). The monoisotopic (exact) mass is 512 g/mol. The third kappa shape index (κ3) is 6.99. The van der Waals surface area contributed by atoms with Crippen molar-refractivity contribution < 1.29 is 38.5 Å². The Balaban J connectivity index is 1.54. The van der Waals surface area contributed by atoms with Crippen molar-refractivity contribution in [1.82, 2.24) is 10.6 Å². The summed E-state index contributed by atoms with van der Waals surface area (Å²) in [6, 6.07) is 13.1. The van der Waals surface area contributed by atoms with E-state index in [2.05, 4.69) is 10.6 Å². The Labute approximate surface area is 215 Å². The number of carbonyl (C=O) groups excluding carboxylic acids is 3. The molecule has 0 saturated heterocycles. The van der Waals surface area contributed by atoms with Gasteiger partial charge < -0.3 is 30.0 Å². The van der Waals surface area contributed by atoms with Crippen LogP contribution in [-0.2, 0) is 23.8 Å². The maximum atomic E-state index is 12.5. The molecule has 1 aliphatic carbocycles. The van der Waals surface area contributed by atoms with Gasteiger partial charge in [0.15, 0.2) is 6.04 Å². The zero-order valence-corrected chi connectivity index (χ0v) is 21.4. The minimum atomic E-state index is -1.56. The number of carbonyl (C=O) groups is 4. The van der Waals surface area contributed by atoms with Crippen molar-refractivity contribution in [2.24, 2.45) is 0 Å². The average Bonchev–Trinajstić information content (AvgIpc) is 3.13. The Morgan fingerprint density at radius 1 is 0.892 bits per heavy atom. The molecule has 2 aromatic carbocycles. The van der Waals surface area contributed by atoms with Crippen LogP contribution in [0.3, 0.4) is 0 Å². The number of rotatable bonds is 8. The van der Waals surface area contributed by atoms with Crippen molar-refractivity contribution >= 4 is 24.1 Å². The van der Waals surface area contributed by atoms with Gasteiger partial charge in [0.1, 0.15) is 24.4 Å². The summed E-state index contributed by atoms with van der Waals surface area (Å²) in [5.74, 6) is -2.45. The minimum absolute atomic E-state index is 0.0684. The first-order valence-electron chi connectivity index (χ1n) is 11.9. The van der Waals surface area contributed by atoms with Crippen LogP contribution in [0.5, 0.6) is 0 Å². The molecule has 37 heavy (non-hydrogen) atoms. The zero-order chi connectivity index (χ0) is 27.3. The normalized spacial score (nSPS) is 14.8. The molecular formula is C27H32N2O8. The number of nitrogens with one attached hydrogen (secondary N) is 2. The predicted octanol–water partition coefficient (Wildman–Crippen LogP) is 3.82. The van der Waals surface area contributed by atoms with E-state index in [1.54, 1.807) is 20.8 Å². The molecule has 2 aromatic rings. The Morgan fingerprint density at radius 2 is 1.43 bits per heavy atom. The summed E-state index contributed by atoms with van der Waals surface area (Å²) >= 11 is 0. The molecule has 3 atom stereocenters. The molecule has 0 saturated carbocycles. The fourth-order valence-corrected chi connectivity index (χ4v) is 4.04. The van der Waals surface area contributed by atoms with E-state index >= 15 is 0 Å². The van der Waals surface area contributed by atoms with Gasteiger partial charge in [-0.1, -0.05) is 48.5 Å². The number of hydrogen-bond donors (Lipinski definition) is 3. The molecule has 0 fully saturated rings. The van der Waals surface area contributed by atoms with Crippen LogP contribution in [0.1, 0.15) is 51.7 Å². The van der Waals surface area contributed by atoms with E-state index in [4.69, 9.17) is 14.2 Å². The van der Waals surface area contributed by atoms with Crippen molar-refractivity contribution in [2.75, 3.05) is 6.61 Å². The minimum Gasteiger partial charge on any atom is -0.480 e. The van der Waals surface area contributed by atoms with Crippen molar-refractivity contribution in [3.8, 4) is 11.1 Å². The third-order valence-corrected chi connectivity index (χ3v) is 5.74. The molecule has 0 aliphatic heterocycles. The third-order valence-electron chi connectivity index (χ3n) is 5.74. The van der Waals surface area contributed by atoms with E-state index in [0.717, 1.165) is 22.3 Å². The molecule has 10 heteroatoms. The fraction of sp³-hybridized carbons (Fsp3) is 0.407. The highest BCUT2D eigenvalue weighted by atomic mass is 16.6. The Hall–Kier alpha value is -4.08. The van der Waals surface area contributed by atoms with Gasteiger partial charge in [0, 0.05) is 5.92 Å². The first-order chi connectivity index (χ1) is 17.4. The SMILES string of the molecule is CC(NC(=O)OCC1c2ccccc2-c2ccccc21)C(=O)OC(C)C(NC(=O)OC(C)(C)C)C(=O)O. The summed E-state index contributed by atoms with van der Waals surface area (Å²) in [6.07, 6.45) is -3.03. The number of amides is 2. The van der Waals surface area contributed by atoms with Crippen LogP contribution in [0.15, 0.2) is 48.5 Å². The van der Waals surface area contributed by atoms with Crippen molar-refractivity contribution in [3.05, 3.63) is 59.7 Å². The molecule has 10 nitrogen and oxygen atoms in total. The lowest BCUT2D eigenvalue weighted by molar-refractivity contribution is -0.156. The van der Waals surface area contributed by atoms with Crippen LogP contribution >= 0.6 is 0 Å². The Morgan fingerprint density at radius 3 is 1.95 bits per heavy atom. The van der Waals surface area contributed by atoms with Crippen LogP contribution in [0, 0.1) is 0 Å². The maximum absolute atomic E-state index is 12.5. The topological polar surface area (TPSA) is 140 Å². The van der Waals surface area contributed by atoms with Gasteiger partial charge in [-0.15, -0.1) is 0 Å². The number of alkyl carbamates (subject to hydrolysis) is 2. The summed E-state index contributed by atoms with van der Waals surface area (Å²) in [7, 11) is 0. The van der Waals surface area contributed by atoms with Crippen LogP contribution in [0.25, 0.3) is 11.1 Å². The van der Waals surface area contributed by atoms with Gasteiger partial charge in [-0.3, -0.25) is 0 Å². The fourth-order valence-electron chi connectivity index (χ4n) is 4.04. The second-order valence-corrected chi connectivity index (χ2v) is 9.80. The lowest BCUT2D eigenvalue weighted by atomic mass is 9.98. The quantitative estimate of drug-likeness (QED) is 0.358. The first-order valence-corrected chi connectivity index (χ1v) is 11.9. The number of fused-ring (bicyclic) bond motifs is 3. The highest BCUT2D eigenvalue weighted by Gasteiger charge is 2.33. The van der Waals surface area contributed by atoms with E-state index in [0.29, 0.717) is 0 Å². The van der Waals surface area contributed by atoms with E-state index in [1.165, 1.54) is 13.8 Å². The van der Waals surface area contributed by atoms with E-state index in [9.17, 15) is 24.3 Å². The van der Waals surface area contributed by atoms with E-state index in [-0.39, 0.29) is 12.5 Å². The van der Waals surface area contributed by atoms with Crippen LogP contribution in [0.2, 0.25) is 0 Å². The molecule has 0 spiro atoms. The Kier molecular flexibility index (Phi) is 8.42. The highest BCUT2D eigenvalue weighted by Crippen LogP contribution is 2.44. The van der Waals surface area contributed by atoms with Gasteiger partial charge in [0.2, 0.25) is 0 Å². The number of esters is 1. The molecular weight excluding hydrogens is 480 g/mol. The first kappa shape index (κ1) is 27.5. The summed E-state index contributed by atoms with van der Waals surface area (Å²) in [4.78, 5) is 48.5. The average molecular weight is 513 g/mol. The van der Waals surface area contributed by atoms with Crippen LogP contribution < -0.4 is 10.6 Å². The molecule has 2 amide bonds. The van der Waals surface area contributed by atoms with Crippen LogP contribution in [-0.4, -0.2) is 59.6 Å². The molecule has 0 radical (unpaired) electrons. The predicted molar refractivity (Wildman–Crippen MR) is 134 cm³/mol. The van der Waals surface area contributed by atoms with Crippen molar-refractivity contribution in [2.45, 2.75) is 64.3 Å². The van der Waals surface area contributed by atoms with Gasteiger partial charge in [-0.2, -0.15) is 0 Å². The summed E-state index contributed by atoms with van der Waals surface area (Å²) in [5.41, 5.74) is 3.44. The summed E-state index contributed by atoms with van der Waals surface area (Å²) in [6.45, 7) is 7.65. The van der Waals surface area contributed by atoms with Gasteiger partial charge in [0.25, 0.3) is 0 Å². The molecule has 3 N–H and O–H groups in total. The lowest BCUT2D eigenvalue weighted by Gasteiger charge is -2.25. The Bertz CT molecular complexity index is 1130. The number of carboxylic acids is 1. The summed E-state index contributed by atoms with van der Waals surface area (Å²) in [5, 5.41) is 14.0. The molecule has 0 bridgehead atoms. The van der Waals surface area contributed by atoms with Gasteiger partial charge in [-0.25, -0.2) is 19.2 Å². The van der Waals surface area contributed by atoms with Gasteiger partial charge in [0.05, 0.1) is 0 Å². The smallest absolute Gasteiger partial charge is 0.408 e. The molecule has 198 valence electrons. The molecule has 0 heterocycles. The van der Waals surface area contributed by atoms with Crippen molar-refractivity contribution in [1.29, 1.82) is 0 Å². The van der Waals surface area contributed by atoms with Crippen LogP contribution in [0.4, 0.5) is 9.59 Å². The van der Waals surface area contributed by atoms with E-state index in [1.807, 2.05) is 48.5 Å². The molecule has 0 aromatic heterocycles. The zero-order valence-electron chi connectivity index (χ0n) is 21.4. The van der Waals surface area contributed by atoms with Gasteiger partial charge in [-0.05, 0) is 56.9 Å². The largest absolute Gasteiger partial charge is 0.480 e. The number of benzene rings is 2. The lowest BCUT2D eigenvalue weighted by Crippen LogP contribution is -2.51. The number of aliphatic carboxylic acids is 1. The molecule has 1 aliphatic rings. The number of ether oxygens (including phenoxy) is 3. The van der Waals surface area contributed by atoms with Crippen molar-refractivity contribution in [3.63, 3.8) is 0 Å². The molecule has 3 unspecified atom stereocenters. The summed E-state index contributed by atoms with van der Waals surface area (Å²) < 4.78 is 15.7. The second-order valence-electron chi connectivity index (χ2n) is 9.80. The van der Waals surface area contributed by atoms with E-state index < -0.39 is 47.9 Å². The maximum Gasteiger partial charge on any atom is 0.408 e. The number of hydrogen-bond acceptors (Lipinski definition) is 7.